The van der Waals surface area contributed by atoms with E-state index >= 15 is 0 Å². The van der Waals surface area contributed by atoms with Gasteiger partial charge in [-0.25, -0.2) is 4.57 Å². The highest BCUT2D eigenvalue weighted by Gasteiger charge is 2.32. The third-order valence-corrected chi connectivity index (χ3v) is 6.72. The predicted octanol–water partition coefficient (Wildman–Crippen LogP) is 6.39. The minimum Gasteiger partial charge on any atom is -0.455 e. The molecule has 3 heterocycles. The van der Waals surface area contributed by atoms with Gasteiger partial charge in [-0.2, -0.15) is 0 Å². The van der Waals surface area contributed by atoms with Crippen molar-refractivity contribution in [2.24, 2.45) is 7.05 Å². The van der Waals surface area contributed by atoms with Gasteiger partial charge < -0.3 is 4.74 Å². The molecule has 0 saturated carbocycles. The van der Waals surface area contributed by atoms with Gasteiger partial charge in [-0.3, -0.25) is 0 Å². The quantitative estimate of drug-likeness (QED) is 0.316. The van der Waals surface area contributed by atoms with Crippen molar-refractivity contribution in [3.05, 3.63) is 52.5 Å². The topological polar surface area (TPSA) is 13.1 Å². The molecule has 5 rings (SSSR count). The van der Waals surface area contributed by atoms with Crippen LogP contribution in [0.3, 0.4) is 0 Å². The largest absolute Gasteiger partial charge is 0.455 e. The number of ether oxygens (including phenoxy) is 1. The van der Waals surface area contributed by atoms with Crippen LogP contribution in [0.2, 0.25) is 0 Å². The molecule has 0 unspecified atom stereocenters. The first-order valence-electron chi connectivity index (χ1n) is 9.12. The summed E-state index contributed by atoms with van der Waals surface area (Å²) in [5.41, 5.74) is 6.38. The monoisotopic (exact) mass is 360 g/mol. The lowest BCUT2D eigenvalue weighted by molar-refractivity contribution is -0.659. The van der Waals surface area contributed by atoms with Crippen LogP contribution in [0.15, 0.2) is 35.8 Å². The number of thiophene rings is 1. The molecule has 0 saturated heterocycles. The Bertz CT molecular complexity index is 1220. The lowest BCUT2D eigenvalue weighted by atomic mass is 9.90. The number of hydrogen-bond acceptors (Lipinski definition) is 2. The fourth-order valence-corrected chi connectivity index (χ4v) is 5.17. The Labute approximate surface area is 157 Å². The van der Waals surface area contributed by atoms with Crippen molar-refractivity contribution in [3.63, 3.8) is 0 Å². The Balaban J connectivity index is 1.99. The average molecular weight is 361 g/mol. The van der Waals surface area contributed by atoms with E-state index in [9.17, 15) is 0 Å². The third-order valence-electron chi connectivity index (χ3n) is 5.69. The Hall–Kier alpha value is -2.39. The smallest absolute Gasteiger partial charge is 0.228 e. The van der Waals surface area contributed by atoms with E-state index in [1.54, 1.807) is 11.3 Å². The molecular weight excluding hydrogens is 338 g/mol. The van der Waals surface area contributed by atoms with E-state index in [2.05, 4.69) is 75.2 Å². The van der Waals surface area contributed by atoms with Gasteiger partial charge in [-0.05, 0) is 59.2 Å². The zero-order chi connectivity index (χ0) is 18.2. The first-order valence-corrected chi connectivity index (χ1v) is 10.00. The molecule has 0 radical (unpaired) electrons. The van der Waals surface area contributed by atoms with Crippen LogP contribution in [0.4, 0.5) is 0 Å². The zero-order valence-electron chi connectivity index (χ0n) is 15.8. The molecule has 4 aromatic rings. The van der Waals surface area contributed by atoms with Crippen LogP contribution >= 0.6 is 11.3 Å². The van der Waals surface area contributed by atoms with Crippen LogP contribution in [0.5, 0.6) is 11.5 Å². The fourth-order valence-electron chi connectivity index (χ4n) is 4.22. The molecule has 1 aliphatic rings. The van der Waals surface area contributed by atoms with Crippen molar-refractivity contribution in [3.8, 4) is 22.8 Å². The van der Waals surface area contributed by atoms with Gasteiger partial charge in [0, 0.05) is 16.3 Å². The molecule has 2 aromatic heterocycles. The number of aromatic nitrogens is 1. The summed E-state index contributed by atoms with van der Waals surface area (Å²) in [4.78, 5) is 0. The van der Waals surface area contributed by atoms with E-state index in [4.69, 9.17) is 4.74 Å². The average Bonchev–Trinajstić information content (AvgIpc) is 3.11. The van der Waals surface area contributed by atoms with Crippen LogP contribution in [-0.2, 0) is 7.05 Å². The summed E-state index contributed by atoms with van der Waals surface area (Å²) >= 11 is 1.80. The number of aryl methyl sites for hydroxylation is 3. The number of rotatable bonds is 1. The molecule has 26 heavy (non-hydrogen) atoms. The number of nitrogens with zero attached hydrogens (tertiary/aromatic N) is 1. The molecule has 0 amide bonds. The third kappa shape index (κ3) is 1.95. The van der Waals surface area contributed by atoms with Crippen LogP contribution in [0.1, 0.15) is 36.5 Å². The molecular formula is C23H22NOS+. The first kappa shape index (κ1) is 15.8. The minimum atomic E-state index is 0.473. The second-order valence-corrected chi connectivity index (χ2v) is 8.55. The van der Waals surface area contributed by atoms with E-state index in [-0.39, 0.29) is 0 Å². The van der Waals surface area contributed by atoms with Crippen LogP contribution in [0, 0.1) is 13.8 Å². The van der Waals surface area contributed by atoms with E-state index in [0.29, 0.717) is 5.92 Å². The van der Waals surface area contributed by atoms with Crippen molar-refractivity contribution in [2.75, 3.05) is 0 Å². The molecule has 0 aliphatic carbocycles. The van der Waals surface area contributed by atoms with E-state index in [1.807, 2.05) is 0 Å². The molecule has 0 fully saturated rings. The van der Waals surface area contributed by atoms with E-state index < -0.39 is 0 Å². The molecule has 0 N–H and O–H groups in total. The lowest BCUT2D eigenvalue weighted by Gasteiger charge is -2.24. The highest BCUT2D eigenvalue weighted by atomic mass is 32.1. The Morgan fingerprint density at radius 2 is 1.88 bits per heavy atom. The summed E-state index contributed by atoms with van der Waals surface area (Å²) in [5.74, 6) is 2.48. The molecule has 2 nitrogen and oxygen atoms in total. The van der Waals surface area contributed by atoms with Crippen molar-refractivity contribution in [1.29, 1.82) is 0 Å². The first-order chi connectivity index (χ1) is 12.5. The maximum atomic E-state index is 6.58. The lowest BCUT2D eigenvalue weighted by Crippen LogP contribution is -2.32. The number of benzene rings is 2. The van der Waals surface area contributed by atoms with Gasteiger partial charge in [0.25, 0.3) is 0 Å². The molecule has 0 spiro atoms. The summed E-state index contributed by atoms with van der Waals surface area (Å²) in [6.45, 7) is 8.88. The van der Waals surface area contributed by atoms with E-state index in [1.165, 1.54) is 48.8 Å². The molecule has 2 aromatic carbocycles. The maximum Gasteiger partial charge on any atom is 0.228 e. The van der Waals surface area contributed by atoms with Crippen LogP contribution in [-0.4, -0.2) is 0 Å². The predicted molar refractivity (Wildman–Crippen MR) is 110 cm³/mol. The Morgan fingerprint density at radius 1 is 1.08 bits per heavy atom. The van der Waals surface area contributed by atoms with Crippen LogP contribution < -0.4 is 9.30 Å². The van der Waals surface area contributed by atoms with Gasteiger partial charge in [-0.1, -0.05) is 19.9 Å². The number of hydrogen-bond donors (Lipinski definition) is 0. The number of pyridine rings is 1. The Morgan fingerprint density at radius 3 is 2.65 bits per heavy atom. The second-order valence-electron chi connectivity index (χ2n) is 7.63. The summed E-state index contributed by atoms with van der Waals surface area (Å²) in [5, 5.41) is 6.01. The summed E-state index contributed by atoms with van der Waals surface area (Å²) in [7, 11) is 2.14. The highest BCUT2D eigenvalue weighted by Crippen LogP contribution is 2.51. The van der Waals surface area contributed by atoms with Crippen LogP contribution in [0.25, 0.3) is 32.1 Å². The minimum absolute atomic E-state index is 0.473. The van der Waals surface area contributed by atoms with Gasteiger partial charge in [0.15, 0.2) is 6.20 Å². The van der Waals surface area contributed by atoms with Gasteiger partial charge in [-0.15, -0.1) is 11.3 Å². The van der Waals surface area contributed by atoms with Crippen molar-refractivity contribution in [1.82, 2.24) is 0 Å². The standard InChI is InChI=1S/C23H22NOS/c1-12(2)16-10-15-6-8-24(5)21-19-13(3)17-7-9-26-23(17)14(4)22(19)25-18(11-16)20(15)21/h6-12H,1-5H3/q+1. The summed E-state index contributed by atoms with van der Waals surface area (Å²) < 4.78 is 10.2. The molecule has 0 atom stereocenters. The van der Waals surface area contributed by atoms with Crippen molar-refractivity contribution >= 4 is 32.2 Å². The number of fused-ring (bicyclic) bond motifs is 3. The Kier molecular flexibility index (Phi) is 3.23. The molecule has 3 heteroatoms. The zero-order valence-corrected chi connectivity index (χ0v) is 16.6. The normalized spacial score (nSPS) is 12.7. The molecule has 1 aliphatic heterocycles. The molecule has 0 bridgehead atoms. The maximum absolute atomic E-state index is 6.58. The van der Waals surface area contributed by atoms with E-state index in [0.717, 1.165) is 11.5 Å². The van der Waals surface area contributed by atoms with Gasteiger partial charge in [0.05, 0.1) is 10.9 Å². The van der Waals surface area contributed by atoms with Gasteiger partial charge >= 0.3 is 0 Å². The van der Waals surface area contributed by atoms with Gasteiger partial charge in [0.1, 0.15) is 18.5 Å². The second kappa shape index (κ2) is 5.31. The van der Waals surface area contributed by atoms with Gasteiger partial charge in [0.2, 0.25) is 5.69 Å². The van der Waals surface area contributed by atoms with Crippen molar-refractivity contribution in [2.45, 2.75) is 33.6 Å². The summed E-state index contributed by atoms with van der Waals surface area (Å²) in [6.07, 6.45) is 2.17. The highest BCUT2D eigenvalue weighted by molar-refractivity contribution is 7.17. The van der Waals surface area contributed by atoms with Crippen molar-refractivity contribution < 1.29 is 9.30 Å². The fraction of sp³-hybridized carbons (Fsp3) is 0.261. The SMILES string of the molecule is Cc1c2c(c(C)c3sccc13)Oc1cc(C(C)C)cc3cc[n+](C)c-2c13. The summed E-state index contributed by atoms with van der Waals surface area (Å²) in [6, 6.07) is 8.98. The molecule has 130 valence electrons.